The molecule has 0 spiro atoms. The van der Waals surface area contributed by atoms with Gasteiger partial charge in [-0.2, -0.15) is 0 Å². The van der Waals surface area contributed by atoms with Gasteiger partial charge in [0.25, 0.3) is 0 Å². The van der Waals surface area contributed by atoms with E-state index in [0.717, 1.165) is 17.7 Å². The molecule has 0 aliphatic carbocycles. The minimum absolute atomic E-state index is 0.00604. The number of rotatable bonds is 5. The predicted molar refractivity (Wildman–Crippen MR) is 86.5 cm³/mol. The van der Waals surface area contributed by atoms with Crippen molar-refractivity contribution in [3.05, 3.63) is 54.2 Å². The van der Waals surface area contributed by atoms with E-state index < -0.39 is 0 Å². The summed E-state index contributed by atoms with van der Waals surface area (Å²) in [4.78, 5) is 18.5. The van der Waals surface area contributed by atoms with E-state index >= 15 is 0 Å². The number of hydrogen-bond acceptors (Lipinski definition) is 4. The topological polar surface area (TPSA) is 51.7 Å². The van der Waals surface area contributed by atoms with E-state index in [1.807, 2.05) is 47.4 Å². The molecule has 1 aliphatic rings. The van der Waals surface area contributed by atoms with Crippen LogP contribution in [0.5, 0.6) is 11.6 Å². The fourth-order valence-corrected chi connectivity index (χ4v) is 2.76. The van der Waals surface area contributed by atoms with Crippen molar-refractivity contribution in [1.82, 2.24) is 9.88 Å². The van der Waals surface area contributed by atoms with Crippen molar-refractivity contribution in [3.8, 4) is 11.6 Å². The van der Waals surface area contributed by atoms with Gasteiger partial charge in [0.1, 0.15) is 11.9 Å². The van der Waals surface area contributed by atoms with Crippen LogP contribution in [0.4, 0.5) is 0 Å². The molecule has 1 unspecified atom stereocenters. The number of carbonyl (C=O) groups is 1. The number of methoxy groups -OCH3 is 1. The van der Waals surface area contributed by atoms with Gasteiger partial charge in [-0.1, -0.05) is 24.3 Å². The maximum atomic E-state index is 12.5. The SMILES string of the molecule is COc1ccccc1CC(=O)N1CCC(Oc2ccccn2)C1. The zero-order valence-electron chi connectivity index (χ0n) is 13.1. The van der Waals surface area contributed by atoms with Crippen LogP contribution in [0.3, 0.4) is 0 Å². The Morgan fingerprint density at radius 2 is 2.09 bits per heavy atom. The van der Waals surface area contributed by atoms with Crippen LogP contribution in [-0.2, 0) is 11.2 Å². The lowest BCUT2D eigenvalue weighted by molar-refractivity contribution is -0.129. The van der Waals surface area contributed by atoms with Crippen molar-refractivity contribution in [2.45, 2.75) is 18.9 Å². The van der Waals surface area contributed by atoms with Crippen LogP contribution in [0.15, 0.2) is 48.7 Å². The number of pyridine rings is 1. The van der Waals surface area contributed by atoms with Crippen LogP contribution in [-0.4, -0.2) is 42.1 Å². The van der Waals surface area contributed by atoms with Gasteiger partial charge >= 0.3 is 0 Å². The highest BCUT2D eigenvalue weighted by molar-refractivity contribution is 5.79. The molecule has 23 heavy (non-hydrogen) atoms. The second kappa shape index (κ2) is 7.13. The normalized spacial score (nSPS) is 17.1. The monoisotopic (exact) mass is 312 g/mol. The number of aromatic nitrogens is 1. The van der Waals surface area contributed by atoms with Crippen molar-refractivity contribution in [1.29, 1.82) is 0 Å². The van der Waals surface area contributed by atoms with Crippen LogP contribution in [0.1, 0.15) is 12.0 Å². The summed E-state index contributed by atoms with van der Waals surface area (Å²) in [5.41, 5.74) is 0.911. The minimum atomic E-state index is 0.00604. The highest BCUT2D eigenvalue weighted by atomic mass is 16.5. The number of para-hydroxylation sites is 1. The third-order valence-electron chi connectivity index (χ3n) is 3.96. The van der Waals surface area contributed by atoms with Crippen LogP contribution in [0, 0.1) is 0 Å². The van der Waals surface area contributed by atoms with Gasteiger partial charge in [0.15, 0.2) is 0 Å². The number of likely N-dealkylation sites (tertiary alicyclic amines) is 1. The van der Waals surface area contributed by atoms with Gasteiger partial charge in [0, 0.05) is 30.8 Å². The molecule has 3 rings (SSSR count). The van der Waals surface area contributed by atoms with Crippen LogP contribution >= 0.6 is 0 Å². The number of amides is 1. The predicted octanol–water partition coefficient (Wildman–Crippen LogP) is 2.31. The zero-order valence-corrected chi connectivity index (χ0v) is 13.1. The maximum absolute atomic E-state index is 12.5. The van der Waals surface area contributed by atoms with E-state index in [0.29, 0.717) is 25.4 Å². The molecule has 120 valence electrons. The number of benzene rings is 1. The molecule has 0 radical (unpaired) electrons. The lowest BCUT2D eigenvalue weighted by Gasteiger charge is -2.17. The van der Waals surface area contributed by atoms with Gasteiger partial charge in [-0.15, -0.1) is 0 Å². The Balaban J connectivity index is 1.57. The second-order valence-electron chi connectivity index (χ2n) is 5.52. The number of carbonyl (C=O) groups excluding carboxylic acids is 1. The standard InChI is InChI=1S/C18H20N2O3/c1-22-16-7-3-2-6-14(16)12-18(21)20-11-9-15(13-20)23-17-8-4-5-10-19-17/h2-8,10,15H,9,11-13H2,1H3. The molecule has 2 heterocycles. The second-order valence-corrected chi connectivity index (χ2v) is 5.52. The molecule has 0 saturated carbocycles. The van der Waals surface area contributed by atoms with Gasteiger partial charge in [0.05, 0.1) is 20.1 Å². The smallest absolute Gasteiger partial charge is 0.227 e. The Hall–Kier alpha value is -2.56. The van der Waals surface area contributed by atoms with Crippen LogP contribution in [0.2, 0.25) is 0 Å². The lowest BCUT2D eigenvalue weighted by Crippen LogP contribution is -2.32. The van der Waals surface area contributed by atoms with Crippen molar-refractivity contribution >= 4 is 5.91 Å². The third kappa shape index (κ3) is 3.80. The first-order chi connectivity index (χ1) is 11.3. The average molecular weight is 312 g/mol. The molecule has 5 nitrogen and oxygen atoms in total. The summed E-state index contributed by atoms with van der Waals surface area (Å²) >= 11 is 0. The van der Waals surface area contributed by atoms with Crippen LogP contribution < -0.4 is 9.47 Å². The zero-order chi connectivity index (χ0) is 16.1. The van der Waals surface area contributed by atoms with Crippen molar-refractivity contribution < 1.29 is 14.3 Å². The summed E-state index contributed by atoms with van der Waals surface area (Å²) in [7, 11) is 1.62. The first-order valence-electron chi connectivity index (χ1n) is 7.73. The third-order valence-corrected chi connectivity index (χ3v) is 3.96. The molecule has 0 bridgehead atoms. The van der Waals surface area contributed by atoms with Crippen molar-refractivity contribution in [3.63, 3.8) is 0 Å². The number of ether oxygens (including phenoxy) is 2. The Morgan fingerprint density at radius 3 is 2.87 bits per heavy atom. The highest BCUT2D eigenvalue weighted by Crippen LogP contribution is 2.21. The molecule has 2 aromatic rings. The molecule has 1 aliphatic heterocycles. The first kappa shape index (κ1) is 15.3. The molecule has 1 aromatic heterocycles. The van der Waals surface area contributed by atoms with Gasteiger partial charge < -0.3 is 14.4 Å². The molecule has 1 aromatic carbocycles. The number of nitrogens with zero attached hydrogens (tertiary/aromatic N) is 2. The fourth-order valence-electron chi connectivity index (χ4n) is 2.76. The molecule has 1 saturated heterocycles. The largest absolute Gasteiger partial charge is 0.496 e. The van der Waals surface area contributed by atoms with E-state index in [9.17, 15) is 4.79 Å². The summed E-state index contributed by atoms with van der Waals surface area (Å²) < 4.78 is 11.1. The van der Waals surface area contributed by atoms with E-state index in [-0.39, 0.29) is 12.0 Å². The van der Waals surface area contributed by atoms with Gasteiger partial charge in [-0.25, -0.2) is 4.98 Å². The quantitative estimate of drug-likeness (QED) is 0.850. The molecule has 5 heteroatoms. The molecular formula is C18H20N2O3. The van der Waals surface area contributed by atoms with Crippen LogP contribution in [0.25, 0.3) is 0 Å². The van der Waals surface area contributed by atoms with Crippen molar-refractivity contribution in [2.75, 3.05) is 20.2 Å². The highest BCUT2D eigenvalue weighted by Gasteiger charge is 2.28. The Labute approximate surface area is 135 Å². The average Bonchev–Trinajstić information content (AvgIpc) is 3.05. The van der Waals surface area contributed by atoms with E-state index in [2.05, 4.69) is 4.98 Å². The molecule has 1 fully saturated rings. The minimum Gasteiger partial charge on any atom is -0.496 e. The van der Waals surface area contributed by atoms with Gasteiger partial charge in [-0.3, -0.25) is 4.79 Å². The summed E-state index contributed by atoms with van der Waals surface area (Å²) in [6.45, 7) is 1.32. The van der Waals surface area contributed by atoms with Crippen molar-refractivity contribution in [2.24, 2.45) is 0 Å². The lowest BCUT2D eigenvalue weighted by atomic mass is 10.1. The summed E-state index contributed by atoms with van der Waals surface area (Å²) in [5.74, 6) is 1.46. The summed E-state index contributed by atoms with van der Waals surface area (Å²) in [5, 5.41) is 0. The fraction of sp³-hybridized carbons (Fsp3) is 0.333. The number of hydrogen-bond donors (Lipinski definition) is 0. The Kier molecular flexibility index (Phi) is 4.76. The summed E-state index contributed by atoms with van der Waals surface area (Å²) in [6, 6.07) is 13.2. The molecule has 1 atom stereocenters. The maximum Gasteiger partial charge on any atom is 0.227 e. The van der Waals surface area contributed by atoms with Gasteiger partial charge in [0.2, 0.25) is 11.8 Å². The van der Waals surface area contributed by atoms with E-state index in [1.165, 1.54) is 0 Å². The molecular weight excluding hydrogens is 292 g/mol. The van der Waals surface area contributed by atoms with Gasteiger partial charge in [-0.05, 0) is 12.1 Å². The Morgan fingerprint density at radius 1 is 1.26 bits per heavy atom. The molecule has 0 N–H and O–H groups in total. The Bertz CT molecular complexity index is 660. The first-order valence-corrected chi connectivity index (χ1v) is 7.73. The molecule has 1 amide bonds. The van der Waals surface area contributed by atoms with E-state index in [4.69, 9.17) is 9.47 Å². The van der Waals surface area contributed by atoms with E-state index in [1.54, 1.807) is 13.3 Å². The summed E-state index contributed by atoms with van der Waals surface area (Å²) in [6.07, 6.45) is 2.88.